The third-order valence-electron chi connectivity index (χ3n) is 7.29. The van der Waals surface area contributed by atoms with Crippen molar-refractivity contribution in [3.05, 3.63) is 71.8 Å². The van der Waals surface area contributed by atoms with Gasteiger partial charge in [-0.25, -0.2) is 24.7 Å². The molecule has 0 spiro atoms. The highest BCUT2D eigenvalue weighted by atomic mass is 32.1. The van der Waals surface area contributed by atoms with E-state index in [2.05, 4.69) is 34.6 Å². The van der Waals surface area contributed by atoms with E-state index in [0.717, 1.165) is 11.8 Å². The van der Waals surface area contributed by atoms with E-state index in [1.165, 1.54) is 17.7 Å². The summed E-state index contributed by atoms with van der Waals surface area (Å²) in [4.78, 5) is 34.7. The highest BCUT2D eigenvalue weighted by molar-refractivity contribution is 7.09. The first-order valence-corrected chi connectivity index (χ1v) is 14.4. The Morgan fingerprint density at radius 3 is 2.70 bits per heavy atom. The first-order chi connectivity index (χ1) is 20.7. The Bertz CT molecular complexity index is 1760. The summed E-state index contributed by atoms with van der Waals surface area (Å²) in [6.45, 7) is 4.15. The van der Waals surface area contributed by atoms with Gasteiger partial charge < -0.3 is 19.9 Å². The number of aromatic nitrogens is 6. The van der Waals surface area contributed by atoms with Crippen LogP contribution in [0.2, 0.25) is 0 Å². The summed E-state index contributed by atoms with van der Waals surface area (Å²) in [5.74, 6) is 0.646. The zero-order valence-corrected chi connectivity index (χ0v) is 24.0. The van der Waals surface area contributed by atoms with Crippen LogP contribution in [-0.4, -0.2) is 58.9 Å². The third kappa shape index (κ3) is 6.14. The number of H-pyrrole nitrogens is 1. The highest BCUT2D eigenvalue weighted by Gasteiger charge is 2.37. The Morgan fingerprint density at radius 2 is 1.95 bits per heavy atom. The van der Waals surface area contributed by atoms with Crippen molar-refractivity contribution < 1.29 is 22.7 Å². The molecule has 6 rings (SSSR count). The lowest BCUT2D eigenvalue weighted by Crippen LogP contribution is -2.50. The summed E-state index contributed by atoms with van der Waals surface area (Å²) < 4.78 is 52.0. The van der Waals surface area contributed by atoms with Crippen molar-refractivity contribution in [2.75, 3.05) is 11.9 Å². The Hall–Kier alpha value is -4.59. The molecule has 2 atom stereocenters. The molecule has 5 heterocycles. The minimum Gasteiger partial charge on any atom is -0.445 e. The van der Waals surface area contributed by atoms with Crippen LogP contribution in [0.15, 0.2) is 54.9 Å². The van der Waals surface area contributed by atoms with Gasteiger partial charge in [-0.15, -0.1) is 0 Å². The number of halogens is 3. The SMILES string of the molecule is Cc1nsc(-c2ccc3c(-c4nc(N[C@H]5CC[C@H](C)N(C(=O)OCc6ccccc6)C5)ncc4C(F)(F)F)c[nH]c3n2)n1. The van der Waals surface area contributed by atoms with Gasteiger partial charge in [0.05, 0.1) is 5.69 Å². The zero-order valence-electron chi connectivity index (χ0n) is 23.2. The monoisotopic (exact) mass is 608 g/mol. The molecule has 0 bridgehead atoms. The molecule has 1 saturated heterocycles. The van der Waals surface area contributed by atoms with Gasteiger partial charge in [-0.05, 0) is 55.9 Å². The summed E-state index contributed by atoms with van der Waals surface area (Å²) in [5.41, 5.74) is 0.828. The molecule has 1 amide bonds. The molecule has 10 nitrogen and oxygen atoms in total. The predicted molar refractivity (Wildman–Crippen MR) is 155 cm³/mol. The number of pyridine rings is 1. The van der Waals surface area contributed by atoms with Gasteiger partial charge in [0, 0.05) is 42.0 Å². The first-order valence-electron chi connectivity index (χ1n) is 13.6. The Labute approximate surface area is 248 Å². The summed E-state index contributed by atoms with van der Waals surface area (Å²) in [6.07, 6.45) is -1.54. The molecule has 4 aromatic heterocycles. The molecule has 222 valence electrons. The summed E-state index contributed by atoms with van der Waals surface area (Å²) in [7, 11) is 0. The molecule has 14 heteroatoms. The van der Waals surface area contributed by atoms with Crippen molar-refractivity contribution in [2.24, 2.45) is 0 Å². The molecular formula is C29H27F3N8O2S. The number of aryl methyl sites for hydroxylation is 1. The van der Waals surface area contributed by atoms with Gasteiger partial charge in [0.2, 0.25) is 5.95 Å². The van der Waals surface area contributed by atoms with E-state index in [4.69, 9.17) is 4.74 Å². The molecule has 2 N–H and O–H groups in total. The fourth-order valence-corrected chi connectivity index (χ4v) is 5.69. The molecule has 5 aromatic rings. The fourth-order valence-electron chi connectivity index (χ4n) is 5.05. The number of piperidine rings is 1. The number of nitrogens with zero attached hydrogens (tertiary/aromatic N) is 6. The number of rotatable bonds is 6. The summed E-state index contributed by atoms with van der Waals surface area (Å²) in [5, 5.41) is 4.23. The van der Waals surface area contributed by atoms with Crippen LogP contribution in [0, 0.1) is 6.92 Å². The van der Waals surface area contributed by atoms with Crippen molar-refractivity contribution >= 4 is 34.6 Å². The first kappa shape index (κ1) is 28.5. The number of ether oxygens (including phenoxy) is 1. The standard InChI is InChI=1S/C29H27F3N8O2S/c1-16-8-9-19(14-40(16)28(41)42-15-18-6-4-3-5-7-18)36-27-34-13-22(29(30,31)32)24(38-27)21-12-33-25-20(21)10-11-23(37-25)26-35-17(2)39-43-26/h3-7,10-13,16,19H,8-9,14-15H2,1-2H3,(H,33,37)(H,34,36,38)/t16-,19-/m0/s1. The number of amides is 1. The Morgan fingerprint density at radius 1 is 1.14 bits per heavy atom. The number of likely N-dealkylation sites (tertiary alicyclic amines) is 1. The molecule has 43 heavy (non-hydrogen) atoms. The van der Waals surface area contributed by atoms with Crippen molar-refractivity contribution in [1.82, 2.24) is 34.2 Å². The lowest BCUT2D eigenvalue weighted by atomic mass is 10.00. The van der Waals surface area contributed by atoms with E-state index in [0.29, 0.717) is 46.9 Å². The lowest BCUT2D eigenvalue weighted by Gasteiger charge is -2.37. The van der Waals surface area contributed by atoms with E-state index >= 15 is 0 Å². The topological polar surface area (TPSA) is 122 Å². The Balaban J connectivity index is 1.24. The molecule has 0 radical (unpaired) electrons. The van der Waals surface area contributed by atoms with Crippen LogP contribution in [0.25, 0.3) is 33.0 Å². The molecular weight excluding hydrogens is 581 g/mol. The van der Waals surface area contributed by atoms with Gasteiger partial charge in [-0.3, -0.25) is 0 Å². The second-order valence-corrected chi connectivity index (χ2v) is 11.1. The average molecular weight is 609 g/mol. The zero-order chi connectivity index (χ0) is 30.1. The second-order valence-electron chi connectivity index (χ2n) is 10.4. The summed E-state index contributed by atoms with van der Waals surface area (Å²) >= 11 is 1.19. The number of nitrogens with one attached hydrogen (secondary N) is 2. The second kappa shape index (κ2) is 11.6. The molecule has 0 unspecified atom stereocenters. The third-order valence-corrected chi connectivity index (χ3v) is 8.12. The van der Waals surface area contributed by atoms with Crippen molar-refractivity contribution in [3.63, 3.8) is 0 Å². The molecule has 1 aliphatic rings. The van der Waals surface area contributed by atoms with Gasteiger partial charge >= 0.3 is 12.3 Å². The number of carbonyl (C=O) groups excluding carboxylic acids is 1. The van der Waals surface area contributed by atoms with Crippen molar-refractivity contribution in [3.8, 4) is 22.0 Å². The van der Waals surface area contributed by atoms with E-state index in [-0.39, 0.29) is 35.9 Å². The number of hydrogen-bond acceptors (Lipinski definition) is 9. The minimum absolute atomic E-state index is 0.0309. The maximum absolute atomic E-state index is 14.1. The number of anilines is 1. The van der Waals surface area contributed by atoms with Crippen LogP contribution in [0.4, 0.5) is 23.9 Å². The number of aromatic amines is 1. The van der Waals surface area contributed by atoms with E-state index in [9.17, 15) is 18.0 Å². The number of carbonyl (C=O) groups is 1. The van der Waals surface area contributed by atoms with Crippen LogP contribution in [0.3, 0.4) is 0 Å². The molecule has 1 aliphatic heterocycles. The minimum atomic E-state index is -4.69. The fraction of sp³-hybridized carbons (Fsp3) is 0.310. The van der Waals surface area contributed by atoms with E-state index < -0.39 is 17.8 Å². The predicted octanol–water partition coefficient (Wildman–Crippen LogP) is 6.47. The van der Waals surface area contributed by atoms with Crippen LogP contribution in [0.1, 0.15) is 36.7 Å². The maximum atomic E-state index is 14.1. The van der Waals surface area contributed by atoms with Gasteiger partial charge in [0.25, 0.3) is 0 Å². The largest absolute Gasteiger partial charge is 0.445 e. The van der Waals surface area contributed by atoms with Gasteiger partial charge in [0.15, 0.2) is 5.01 Å². The average Bonchev–Trinajstić information content (AvgIpc) is 3.62. The smallest absolute Gasteiger partial charge is 0.419 e. The number of alkyl halides is 3. The molecule has 1 fully saturated rings. The van der Waals surface area contributed by atoms with E-state index in [1.54, 1.807) is 24.0 Å². The van der Waals surface area contributed by atoms with E-state index in [1.807, 2.05) is 37.3 Å². The van der Waals surface area contributed by atoms with Crippen LogP contribution < -0.4 is 5.32 Å². The molecule has 0 saturated carbocycles. The maximum Gasteiger partial charge on any atom is 0.419 e. The number of benzene rings is 1. The molecule has 1 aromatic carbocycles. The van der Waals surface area contributed by atoms with Crippen LogP contribution in [-0.2, 0) is 17.5 Å². The molecule has 0 aliphatic carbocycles. The van der Waals surface area contributed by atoms with Gasteiger partial charge in [-0.2, -0.15) is 17.5 Å². The van der Waals surface area contributed by atoms with Crippen LogP contribution >= 0.6 is 11.5 Å². The lowest BCUT2D eigenvalue weighted by molar-refractivity contribution is -0.137. The van der Waals surface area contributed by atoms with Crippen molar-refractivity contribution in [2.45, 2.75) is 51.6 Å². The van der Waals surface area contributed by atoms with Crippen molar-refractivity contribution in [1.29, 1.82) is 0 Å². The number of hydrogen-bond donors (Lipinski definition) is 2. The Kier molecular flexibility index (Phi) is 7.69. The quantitative estimate of drug-likeness (QED) is 0.225. The number of fused-ring (bicyclic) bond motifs is 1. The summed E-state index contributed by atoms with van der Waals surface area (Å²) in [6, 6.07) is 12.4. The normalized spacial score (nSPS) is 17.3. The highest BCUT2D eigenvalue weighted by Crippen LogP contribution is 2.39. The van der Waals surface area contributed by atoms with Gasteiger partial charge in [-0.1, -0.05) is 30.3 Å². The van der Waals surface area contributed by atoms with Gasteiger partial charge in [0.1, 0.15) is 29.3 Å². The van der Waals surface area contributed by atoms with Crippen LogP contribution in [0.5, 0.6) is 0 Å².